The quantitative estimate of drug-likeness (QED) is 0.810. The Morgan fingerprint density at radius 2 is 1.88 bits per heavy atom. The maximum atomic E-state index is 12.9. The molecule has 0 saturated carbocycles. The third-order valence-electron chi connectivity index (χ3n) is 4.71. The lowest BCUT2D eigenvalue weighted by Crippen LogP contribution is -2.49. The SMILES string of the molecule is Cc1ccc(S(=O)(=O)N2CCC[C@H]2C(=O)NC2CCS(=O)(=O)C2)cc1. The van der Waals surface area contributed by atoms with E-state index in [9.17, 15) is 21.6 Å². The summed E-state index contributed by atoms with van der Waals surface area (Å²) in [5.74, 6) is -0.417. The van der Waals surface area contributed by atoms with Gasteiger partial charge < -0.3 is 5.32 Å². The Kier molecular flexibility index (Phi) is 4.91. The van der Waals surface area contributed by atoms with Gasteiger partial charge in [0.1, 0.15) is 6.04 Å². The number of nitrogens with one attached hydrogen (secondary N) is 1. The molecule has 7 nitrogen and oxygen atoms in total. The van der Waals surface area contributed by atoms with Crippen molar-refractivity contribution >= 4 is 25.8 Å². The Balaban J connectivity index is 1.75. The first-order valence-electron chi connectivity index (χ1n) is 8.28. The molecular weight excluding hydrogens is 364 g/mol. The number of sulfonamides is 1. The van der Waals surface area contributed by atoms with Crippen molar-refractivity contribution in [2.24, 2.45) is 0 Å². The molecule has 0 radical (unpaired) electrons. The number of hydrogen-bond acceptors (Lipinski definition) is 5. The third-order valence-corrected chi connectivity index (χ3v) is 8.40. The van der Waals surface area contributed by atoms with Crippen LogP contribution in [0.15, 0.2) is 29.2 Å². The molecule has 138 valence electrons. The topological polar surface area (TPSA) is 101 Å². The zero-order valence-corrected chi connectivity index (χ0v) is 15.6. The number of hydrogen-bond donors (Lipinski definition) is 1. The third kappa shape index (κ3) is 3.88. The van der Waals surface area contributed by atoms with Crippen LogP contribution in [0, 0.1) is 6.92 Å². The molecule has 25 heavy (non-hydrogen) atoms. The Hall–Kier alpha value is -1.45. The standard InChI is InChI=1S/C16H22N2O5S2/c1-12-4-6-14(7-5-12)25(22,23)18-9-2-3-15(18)16(19)17-13-8-10-24(20,21)11-13/h4-7,13,15H,2-3,8-11H2,1H3,(H,17,19)/t13?,15-/m0/s1. The predicted octanol–water partition coefficient (Wildman–Crippen LogP) is 0.451. The molecule has 9 heteroatoms. The van der Waals surface area contributed by atoms with Gasteiger partial charge in [-0.05, 0) is 38.3 Å². The van der Waals surface area contributed by atoms with Gasteiger partial charge in [0.25, 0.3) is 0 Å². The number of carbonyl (C=O) groups excluding carboxylic acids is 1. The number of benzene rings is 1. The van der Waals surface area contributed by atoms with Gasteiger partial charge in [-0.3, -0.25) is 4.79 Å². The summed E-state index contributed by atoms with van der Waals surface area (Å²) >= 11 is 0. The van der Waals surface area contributed by atoms with Crippen LogP contribution in [0.3, 0.4) is 0 Å². The highest BCUT2D eigenvalue weighted by molar-refractivity contribution is 7.91. The highest BCUT2D eigenvalue weighted by Gasteiger charge is 2.40. The van der Waals surface area contributed by atoms with Crippen LogP contribution in [-0.4, -0.2) is 57.2 Å². The summed E-state index contributed by atoms with van der Waals surface area (Å²) in [4.78, 5) is 12.7. The Bertz CT molecular complexity index is 862. The fraction of sp³-hybridized carbons (Fsp3) is 0.562. The molecule has 0 aliphatic carbocycles. The number of nitrogens with zero attached hydrogens (tertiary/aromatic N) is 1. The molecule has 0 aromatic heterocycles. The minimum atomic E-state index is -3.75. The molecular formula is C16H22N2O5S2. The van der Waals surface area contributed by atoms with Gasteiger partial charge in [0.2, 0.25) is 15.9 Å². The summed E-state index contributed by atoms with van der Waals surface area (Å²) in [5, 5.41) is 2.71. The van der Waals surface area contributed by atoms with Crippen LogP contribution in [-0.2, 0) is 24.7 Å². The summed E-state index contributed by atoms with van der Waals surface area (Å²) in [6, 6.07) is 5.32. The van der Waals surface area contributed by atoms with Gasteiger partial charge in [0.15, 0.2) is 9.84 Å². The van der Waals surface area contributed by atoms with Crippen LogP contribution < -0.4 is 5.32 Å². The second-order valence-corrected chi connectivity index (χ2v) is 10.8. The highest BCUT2D eigenvalue weighted by Crippen LogP contribution is 2.27. The molecule has 0 bridgehead atoms. The lowest BCUT2D eigenvalue weighted by Gasteiger charge is -2.24. The van der Waals surface area contributed by atoms with Crippen LogP contribution in [0.25, 0.3) is 0 Å². The first kappa shape index (κ1) is 18.3. The second-order valence-electron chi connectivity index (χ2n) is 6.70. The Morgan fingerprint density at radius 1 is 1.20 bits per heavy atom. The number of amides is 1. The van der Waals surface area contributed by atoms with Gasteiger partial charge >= 0.3 is 0 Å². The molecule has 1 aromatic carbocycles. The molecule has 0 spiro atoms. The van der Waals surface area contributed by atoms with Gasteiger partial charge in [0.05, 0.1) is 16.4 Å². The van der Waals surface area contributed by atoms with Gasteiger partial charge in [-0.2, -0.15) is 4.31 Å². The van der Waals surface area contributed by atoms with Crippen molar-refractivity contribution < 1.29 is 21.6 Å². The van der Waals surface area contributed by atoms with Crippen molar-refractivity contribution in [1.29, 1.82) is 0 Å². The molecule has 2 aliphatic heterocycles. The van der Waals surface area contributed by atoms with E-state index in [0.717, 1.165) is 5.56 Å². The van der Waals surface area contributed by atoms with E-state index in [-0.39, 0.29) is 22.9 Å². The van der Waals surface area contributed by atoms with Gasteiger partial charge in [0, 0.05) is 12.6 Å². The summed E-state index contributed by atoms with van der Waals surface area (Å²) in [6.07, 6.45) is 1.42. The molecule has 2 heterocycles. The van der Waals surface area contributed by atoms with Crippen molar-refractivity contribution in [2.45, 2.75) is 43.2 Å². The molecule has 1 amide bonds. The summed E-state index contributed by atoms with van der Waals surface area (Å²) in [6.45, 7) is 2.16. The first-order chi connectivity index (χ1) is 11.7. The smallest absolute Gasteiger partial charge is 0.243 e. The average Bonchev–Trinajstić information content (AvgIpc) is 3.14. The van der Waals surface area contributed by atoms with E-state index in [2.05, 4.69) is 5.32 Å². The van der Waals surface area contributed by atoms with E-state index in [1.807, 2.05) is 6.92 Å². The monoisotopic (exact) mass is 386 g/mol. The largest absolute Gasteiger partial charge is 0.351 e. The van der Waals surface area contributed by atoms with E-state index in [1.54, 1.807) is 24.3 Å². The predicted molar refractivity (Wildman–Crippen MR) is 93.3 cm³/mol. The van der Waals surface area contributed by atoms with Gasteiger partial charge in [-0.25, -0.2) is 16.8 Å². The summed E-state index contributed by atoms with van der Waals surface area (Å²) < 4.78 is 50.0. The number of carbonyl (C=O) groups is 1. The molecule has 3 rings (SSSR count). The zero-order valence-electron chi connectivity index (χ0n) is 14.0. The van der Waals surface area contributed by atoms with Crippen LogP contribution in [0.1, 0.15) is 24.8 Å². The average molecular weight is 386 g/mol. The minimum Gasteiger partial charge on any atom is -0.351 e. The van der Waals surface area contributed by atoms with Crippen molar-refractivity contribution in [1.82, 2.24) is 9.62 Å². The lowest BCUT2D eigenvalue weighted by molar-refractivity contribution is -0.124. The molecule has 1 N–H and O–H groups in total. The van der Waals surface area contributed by atoms with E-state index >= 15 is 0 Å². The Morgan fingerprint density at radius 3 is 2.48 bits per heavy atom. The molecule has 2 atom stereocenters. The lowest BCUT2D eigenvalue weighted by atomic mass is 10.2. The summed E-state index contributed by atoms with van der Waals surface area (Å²) in [7, 11) is -6.85. The fourth-order valence-electron chi connectivity index (χ4n) is 3.34. The van der Waals surface area contributed by atoms with E-state index in [0.29, 0.717) is 19.3 Å². The normalized spacial score (nSPS) is 26.6. The molecule has 2 aliphatic rings. The molecule has 1 unspecified atom stereocenters. The number of rotatable bonds is 4. The van der Waals surface area contributed by atoms with Crippen LogP contribution in [0.5, 0.6) is 0 Å². The van der Waals surface area contributed by atoms with Crippen molar-refractivity contribution in [3.05, 3.63) is 29.8 Å². The maximum absolute atomic E-state index is 12.9. The minimum absolute atomic E-state index is 0.0635. The van der Waals surface area contributed by atoms with Gasteiger partial charge in [-0.15, -0.1) is 0 Å². The zero-order chi connectivity index (χ0) is 18.2. The summed E-state index contributed by atoms with van der Waals surface area (Å²) in [5.41, 5.74) is 0.956. The van der Waals surface area contributed by atoms with E-state index < -0.39 is 37.9 Å². The van der Waals surface area contributed by atoms with Crippen molar-refractivity contribution in [3.8, 4) is 0 Å². The molecule has 2 saturated heterocycles. The molecule has 2 fully saturated rings. The van der Waals surface area contributed by atoms with Crippen molar-refractivity contribution in [3.63, 3.8) is 0 Å². The highest BCUT2D eigenvalue weighted by atomic mass is 32.2. The van der Waals surface area contributed by atoms with Crippen molar-refractivity contribution in [2.75, 3.05) is 18.1 Å². The number of sulfone groups is 1. The first-order valence-corrected chi connectivity index (χ1v) is 11.5. The van der Waals surface area contributed by atoms with Crippen LogP contribution in [0.2, 0.25) is 0 Å². The van der Waals surface area contributed by atoms with E-state index in [4.69, 9.17) is 0 Å². The second kappa shape index (κ2) is 6.69. The Labute approximate surface area is 148 Å². The maximum Gasteiger partial charge on any atom is 0.243 e. The van der Waals surface area contributed by atoms with Gasteiger partial charge in [-0.1, -0.05) is 17.7 Å². The fourth-order valence-corrected chi connectivity index (χ4v) is 6.67. The molecule has 1 aromatic rings. The van der Waals surface area contributed by atoms with E-state index in [1.165, 1.54) is 4.31 Å². The van der Waals surface area contributed by atoms with Crippen LogP contribution >= 0.6 is 0 Å². The van der Waals surface area contributed by atoms with Crippen LogP contribution in [0.4, 0.5) is 0 Å². The number of aryl methyl sites for hydroxylation is 1.